The Labute approximate surface area is 35.6 Å². The first kappa shape index (κ1) is 2.50. The number of nitrogens with zero attached hydrogens (tertiary/aromatic N) is 2. The van der Waals surface area contributed by atoms with E-state index in [1.807, 2.05) is 12.4 Å². The van der Waals surface area contributed by atoms with Gasteiger partial charge in [0.05, 0.1) is 0 Å². The molecule has 0 bridgehead atoms. The van der Waals surface area contributed by atoms with Gasteiger partial charge in [0, 0.05) is 12.4 Å². The Balaban J connectivity index is 1.97. The fraction of sp³-hybridized carbons (Fsp3) is 0.500. The SMILES string of the molecule is C1=N[C@@H]1[C@@H]1C=N1. The van der Waals surface area contributed by atoms with Crippen LogP contribution in [0.3, 0.4) is 0 Å². The third-order valence-electron chi connectivity index (χ3n) is 0.992. The van der Waals surface area contributed by atoms with Crippen molar-refractivity contribution in [1.29, 1.82) is 0 Å². The van der Waals surface area contributed by atoms with Crippen LogP contribution < -0.4 is 0 Å². The fourth-order valence-electron chi connectivity index (χ4n) is 0.452. The molecule has 2 rings (SSSR count). The van der Waals surface area contributed by atoms with E-state index in [1.54, 1.807) is 0 Å². The molecule has 0 fully saturated rings. The molecule has 0 saturated heterocycles. The van der Waals surface area contributed by atoms with Crippen LogP contribution in [0.4, 0.5) is 0 Å². The van der Waals surface area contributed by atoms with Crippen LogP contribution in [0.25, 0.3) is 0 Å². The van der Waals surface area contributed by atoms with Gasteiger partial charge in [-0.05, 0) is 0 Å². The van der Waals surface area contributed by atoms with E-state index >= 15 is 0 Å². The fourth-order valence-corrected chi connectivity index (χ4v) is 0.452. The summed E-state index contributed by atoms with van der Waals surface area (Å²) in [5.41, 5.74) is 0. The Morgan fingerprint density at radius 2 is 1.33 bits per heavy atom. The molecule has 2 atom stereocenters. The Bertz CT molecular complexity index is 97.5. The van der Waals surface area contributed by atoms with Gasteiger partial charge < -0.3 is 0 Å². The highest BCUT2D eigenvalue weighted by Gasteiger charge is 2.29. The molecule has 0 N–H and O–H groups in total. The Morgan fingerprint density at radius 3 is 1.50 bits per heavy atom. The summed E-state index contributed by atoms with van der Waals surface area (Å²) in [4.78, 5) is 7.83. The third-order valence-corrected chi connectivity index (χ3v) is 0.992. The molecule has 0 spiro atoms. The van der Waals surface area contributed by atoms with E-state index in [-0.39, 0.29) is 0 Å². The van der Waals surface area contributed by atoms with Gasteiger partial charge in [-0.1, -0.05) is 0 Å². The number of hydrogen-bond donors (Lipinski definition) is 0. The highest BCUT2D eigenvalue weighted by Crippen LogP contribution is 2.15. The lowest BCUT2D eigenvalue weighted by atomic mass is 10.3. The van der Waals surface area contributed by atoms with Crippen molar-refractivity contribution >= 4 is 12.4 Å². The van der Waals surface area contributed by atoms with Crippen molar-refractivity contribution in [2.75, 3.05) is 0 Å². The third kappa shape index (κ3) is 0.210. The number of rotatable bonds is 1. The van der Waals surface area contributed by atoms with Crippen molar-refractivity contribution < 1.29 is 0 Å². The van der Waals surface area contributed by atoms with Crippen LogP contribution in [0, 0.1) is 0 Å². The molecule has 0 saturated carbocycles. The second kappa shape index (κ2) is 0.555. The molecule has 6 heavy (non-hydrogen) atoms. The lowest BCUT2D eigenvalue weighted by molar-refractivity contribution is 0.973. The minimum Gasteiger partial charge on any atom is -0.283 e. The number of hydrogen-bond acceptors (Lipinski definition) is 2. The van der Waals surface area contributed by atoms with E-state index in [4.69, 9.17) is 0 Å². The lowest BCUT2D eigenvalue weighted by Crippen LogP contribution is -1.98. The van der Waals surface area contributed by atoms with Crippen LogP contribution in [0.5, 0.6) is 0 Å². The predicted molar refractivity (Wildman–Crippen MR) is 24.6 cm³/mol. The highest BCUT2D eigenvalue weighted by atomic mass is 15.1. The molecule has 0 aromatic heterocycles. The average molecular weight is 80.1 g/mol. The maximum atomic E-state index is 3.91. The van der Waals surface area contributed by atoms with E-state index in [0.29, 0.717) is 12.1 Å². The highest BCUT2D eigenvalue weighted by molar-refractivity contribution is 5.92. The zero-order valence-electron chi connectivity index (χ0n) is 3.20. The molecule has 0 amide bonds. The summed E-state index contributed by atoms with van der Waals surface area (Å²) in [7, 11) is 0. The molecule has 2 aliphatic rings. The monoisotopic (exact) mass is 80.0 g/mol. The summed E-state index contributed by atoms with van der Waals surface area (Å²) in [5, 5.41) is 0. The Kier molecular flexibility index (Phi) is 0.231. The summed E-state index contributed by atoms with van der Waals surface area (Å²) in [6.07, 6.45) is 3.86. The first-order chi connectivity index (χ1) is 2.97. The van der Waals surface area contributed by atoms with Crippen LogP contribution >= 0.6 is 0 Å². The van der Waals surface area contributed by atoms with Crippen molar-refractivity contribution in [1.82, 2.24) is 0 Å². The van der Waals surface area contributed by atoms with Gasteiger partial charge in [-0.2, -0.15) is 0 Å². The molecule has 0 aromatic rings. The van der Waals surface area contributed by atoms with Crippen LogP contribution in [0.15, 0.2) is 9.98 Å². The van der Waals surface area contributed by atoms with Gasteiger partial charge in [0.15, 0.2) is 0 Å². The first-order valence-electron chi connectivity index (χ1n) is 2.03. The van der Waals surface area contributed by atoms with Crippen molar-refractivity contribution in [3.8, 4) is 0 Å². The summed E-state index contributed by atoms with van der Waals surface area (Å²) in [6, 6.07) is 0.981. The molecule has 2 aliphatic heterocycles. The summed E-state index contributed by atoms with van der Waals surface area (Å²) in [6.45, 7) is 0. The van der Waals surface area contributed by atoms with Crippen molar-refractivity contribution in [3.63, 3.8) is 0 Å². The normalized spacial score (nSPS) is 46.7. The molecular formula is C4H4N2. The van der Waals surface area contributed by atoms with Crippen LogP contribution in [0.2, 0.25) is 0 Å². The summed E-state index contributed by atoms with van der Waals surface area (Å²) < 4.78 is 0. The Morgan fingerprint density at radius 1 is 1.00 bits per heavy atom. The second-order valence-electron chi connectivity index (χ2n) is 1.58. The quantitative estimate of drug-likeness (QED) is 0.420. The van der Waals surface area contributed by atoms with E-state index in [0.717, 1.165) is 0 Å². The minimum atomic E-state index is 0.491. The predicted octanol–water partition coefficient (Wildman–Crippen LogP) is -0.108. The Hall–Kier alpha value is -0.660. The molecule has 0 unspecified atom stereocenters. The summed E-state index contributed by atoms with van der Waals surface area (Å²) in [5.74, 6) is 0. The van der Waals surface area contributed by atoms with Gasteiger partial charge in [-0.15, -0.1) is 0 Å². The number of aliphatic imine (C=N–C) groups is 2. The standard InChI is InChI=1S/C4H4N2/c1-3(5-1)4-2-6-4/h1-4H/t3-,4-/m0/s1. The molecule has 0 aromatic carbocycles. The van der Waals surface area contributed by atoms with E-state index in [9.17, 15) is 0 Å². The van der Waals surface area contributed by atoms with Crippen LogP contribution in [-0.4, -0.2) is 24.5 Å². The molecule has 2 heterocycles. The van der Waals surface area contributed by atoms with Crippen LogP contribution in [-0.2, 0) is 0 Å². The molecule has 2 heteroatoms. The molecule has 0 radical (unpaired) electrons. The smallest absolute Gasteiger partial charge is 0.112 e. The zero-order chi connectivity index (χ0) is 3.98. The largest absolute Gasteiger partial charge is 0.283 e. The van der Waals surface area contributed by atoms with Gasteiger partial charge in [-0.3, -0.25) is 9.98 Å². The van der Waals surface area contributed by atoms with Gasteiger partial charge in [0.25, 0.3) is 0 Å². The first-order valence-corrected chi connectivity index (χ1v) is 2.03. The average Bonchev–Trinajstić information content (AvgIpc) is 2.26. The molecule has 2 nitrogen and oxygen atoms in total. The lowest BCUT2D eigenvalue weighted by Gasteiger charge is -1.75. The minimum absolute atomic E-state index is 0.491. The van der Waals surface area contributed by atoms with E-state index in [2.05, 4.69) is 9.98 Å². The van der Waals surface area contributed by atoms with Gasteiger partial charge in [-0.25, -0.2) is 0 Å². The van der Waals surface area contributed by atoms with E-state index in [1.165, 1.54) is 0 Å². The van der Waals surface area contributed by atoms with Crippen molar-refractivity contribution in [2.24, 2.45) is 9.98 Å². The topological polar surface area (TPSA) is 24.7 Å². The van der Waals surface area contributed by atoms with Gasteiger partial charge in [0.1, 0.15) is 12.1 Å². The maximum absolute atomic E-state index is 3.91. The molecular weight excluding hydrogens is 76.1 g/mol. The molecule has 0 aliphatic carbocycles. The zero-order valence-corrected chi connectivity index (χ0v) is 3.20. The van der Waals surface area contributed by atoms with Gasteiger partial charge in [0.2, 0.25) is 0 Å². The maximum Gasteiger partial charge on any atom is 0.112 e. The van der Waals surface area contributed by atoms with Crippen LogP contribution in [0.1, 0.15) is 0 Å². The summed E-state index contributed by atoms with van der Waals surface area (Å²) >= 11 is 0. The van der Waals surface area contributed by atoms with Crippen molar-refractivity contribution in [2.45, 2.75) is 12.1 Å². The molecule has 30 valence electrons. The van der Waals surface area contributed by atoms with E-state index < -0.39 is 0 Å². The van der Waals surface area contributed by atoms with Gasteiger partial charge >= 0.3 is 0 Å². The van der Waals surface area contributed by atoms with Crippen molar-refractivity contribution in [3.05, 3.63) is 0 Å². The second-order valence-corrected chi connectivity index (χ2v) is 1.58.